The van der Waals surface area contributed by atoms with Gasteiger partial charge in [-0.15, -0.1) is 0 Å². The van der Waals surface area contributed by atoms with Crippen LogP contribution in [0.5, 0.6) is 11.8 Å². The molecule has 1 aromatic carbocycles. The summed E-state index contributed by atoms with van der Waals surface area (Å²) in [6, 6.07) is 5.58. The van der Waals surface area contributed by atoms with E-state index in [9.17, 15) is 4.79 Å². The van der Waals surface area contributed by atoms with Crippen LogP contribution in [0.3, 0.4) is 0 Å². The van der Waals surface area contributed by atoms with Crippen LogP contribution in [0.25, 0.3) is 11.1 Å². The third-order valence-electron chi connectivity index (χ3n) is 2.58. The lowest BCUT2D eigenvalue weighted by atomic mass is 10.0. The molecule has 2 aromatic rings. The molecule has 0 spiro atoms. The Labute approximate surface area is 111 Å². The summed E-state index contributed by atoms with van der Waals surface area (Å²) in [5.74, 6) is 0.707. The van der Waals surface area contributed by atoms with E-state index in [-0.39, 0.29) is 6.01 Å². The zero-order chi connectivity index (χ0) is 13.7. The van der Waals surface area contributed by atoms with Crippen LogP contribution in [0.4, 0.5) is 0 Å². The second-order valence-corrected chi connectivity index (χ2v) is 3.76. The van der Waals surface area contributed by atoms with E-state index >= 15 is 0 Å². The minimum atomic E-state index is 0.289. The molecule has 1 heterocycles. The van der Waals surface area contributed by atoms with Crippen LogP contribution in [-0.2, 0) is 0 Å². The largest absolute Gasteiger partial charge is 0.494 e. The van der Waals surface area contributed by atoms with E-state index in [1.165, 1.54) is 7.11 Å². The molecule has 0 aliphatic heterocycles. The summed E-state index contributed by atoms with van der Waals surface area (Å²) >= 11 is 0. The van der Waals surface area contributed by atoms with Gasteiger partial charge in [-0.1, -0.05) is 0 Å². The molecule has 0 unspecified atom stereocenters. The number of aromatic nitrogens is 2. The highest BCUT2D eigenvalue weighted by Crippen LogP contribution is 2.26. The SMILES string of the molecule is CCOc1ccc(C=O)c(-c2cnc(OC)nc2)c1. The number of benzene rings is 1. The van der Waals surface area contributed by atoms with Crippen molar-refractivity contribution in [1.82, 2.24) is 9.97 Å². The van der Waals surface area contributed by atoms with E-state index in [2.05, 4.69) is 9.97 Å². The maximum absolute atomic E-state index is 11.1. The number of methoxy groups -OCH3 is 1. The van der Waals surface area contributed by atoms with E-state index in [0.29, 0.717) is 17.9 Å². The van der Waals surface area contributed by atoms with Gasteiger partial charge in [0.1, 0.15) is 5.75 Å². The fourth-order valence-electron chi connectivity index (χ4n) is 1.71. The number of ether oxygens (including phenoxy) is 2. The molecule has 5 heteroatoms. The lowest BCUT2D eigenvalue weighted by Crippen LogP contribution is -1.96. The van der Waals surface area contributed by atoms with Gasteiger partial charge in [0.25, 0.3) is 0 Å². The molecule has 0 N–H and O–H groups in total. The number of nitrogens with zero attached hydrogens (tertiary/aromatic N) is 2. The number of hydrogen-bond donors (Lipinski definition) is 0. The van der Waals surface area contributed by atoms with Crippen LogP contribution in [-0.4, -0.2) is 30.0 Å². The van der Waals surface area contributed by atoms with Crippen LogP contribution >= 0.6 is 0 Å². The zero-order valence-electron chi connectivity index (χ0n) is 10.8. The second-order valence-electron chi connectivity index (χ2n) is 3.76. The second kappa shape index (κ2) is 5.95. The van der Waals surface area contributed by atoms with E-state index in [1.807, 2.05) is 6.92 Å². The molecule has 0 fully saturated rings. The number of hydrogen-bond acceptors (Lipinski definition) is 5. The average Bonchev–Trinajstić information content (AvgIpc) is 2.47. The van der Waals surface area contributed by atoms with Gasteiger partial charge in [-0.2, -0.15) is 0 Å². The molecule has 0 amide bonds. The highest BCUT2D eigenvalue weighted by molar-refractivity contribution is 5.87. The number of carbonyl (C=O) groups excluding carboxylic acids is 1. The van der Waals surface area contributed by atoms with Crippen LogP contribution in [0.15, 0.2) is 30.6 Å². The van der Waals surface area contributed by atoms with Crippen molar-refractivity contribution in [3.63, 3.8) is 0 Å². The molecule has 0 aliphatic rings. The minimum Gasteiger partial charge on any atom is -0.494 e. The van der Waals surface area contributed by atoms with E-state index in [4.69, 9.17) is 9.47 Å². The Kier molecular flexibility index (Phi) is 4.07. The van der Waals surface area contributed by atoms with E-state index in [1.54, 1.807) is 30.6 Å². The Morgan fingerprint density at radius 2 is 2.00 bits per heavy atom. The third-order valence-corrected chi connectivity index (χ3v) is 2.58. The Bertz CT molecular complexity index is 567. The highest BCUT2D eigenvalue weighted by atomic mass is 16.5. The van der Waals surface area contributed by atoms with Crippen molar-refractivity contribution in [3.8, 4) is 22.9 Å². The summed E-state index contributed by atoms with van der Waals surface area (Å²) in [7, 11) is 1.50. The standard InChI is InChI=1S/C14H14N2O3/c1-3-19-12-5-4-10(9-17)13(6-12)11-7-15-14(18-2)16-8-11/h4-9H,3H2,1-2H3. The normalized spacial score (nSPS) is 10.0. The molecule has 0 saturated carbocycles. The number of aldehydes is 1. The monoisotopic (exact) mass is 258 g/mol. The first-order valence-corrected chi connectivity index (χ1v) is 5.87. The summed E-state index contributed by atoms with van der Waals surface area (Å²) in [6.07, 6.45) is 4.03. The maximum Gasteiger partial charge on any atom is 0.316 e. The van der Waals surface area contributed by atoms with Crippen molar-refractivity contribution < 1.29 is 14.3 Å². The topological polar surface area (TPSA) is 61.3 Å². The molecule has 5 nitrogen and oxygen atoms in total. The van der Waals surface area contributed by atoms with Gasteiger partial charge < -0.3 is 9.47 Å². The summed E-state index contributed by atoms with van der Waals surface area (Å²) < 4.78 is 10.3. The van der Waals surface area contributed by atoms with Crippen molar-refractivity contribution in [3.05, 3.63) is 36.2 Å². The van der Waals surface area contributed by atoms with Gasteiger partial charge in [0.15, 0.2) is 6.29 Å². The van der Waals surface area contributed by atoms with Crippen molar-refractivity contribution >= 4 is 6.29 Å². The lowest BCUT2D eigenvalue weighted by Gasteiger charge is -2.08. The van der Waals surface area contributed by atoms with Crippen molar-refractivity contribution in [2.45, 2.75) is 6.92 Å². The summed E-state index contributed by atoms with van der Waals surface area (Å²) in [4.78, 5) is 19.2. The Morgan fingerprint density at radius 1 is 1.26 bits per heavy atom. The van der Waals surface area contributed by atoms with Crippen LogP contribution in [0, 0.1) is 0 Å². The Balaban J connectivity index is 2.45. The molecular weight excluding hydrogens is 244 g/mol. The highest BCUT2D eigenvalue weighted by Gasteiger charge is 2.08. The molecule has 0 aliphatic carbocycles. The molecule has 1 aromatic heterocycles. The van der Waals surface area contributed by atoms with Crippen molar-refractivity contribution in [2.75, 3.05) is 13.7 Å². The minimum absolute atomic E-state index is 0.289. The van der Waals surface area contributed by atoms with Crippen LogP contribution in [0.1, 0.15) is 17.3 Å². The predicted octanol–water partition coefficient (Wildman–Crippen LogP) is 2.36. The maximum atomic E-state index is 11.1. The first-order chi connectivity index (χ1) is 9.28. The van der Waals surface area contributed by atoms with Crippen molar-refractivity contribution in [2.24, 2.45) is 0 Å². The van der Waals surface area contributed by atoms with Gasteiger partial charge in [0.2, 0.25) is 0 Å². The van der Waals surface area contributed by atoms with E-state index < -0.39 is 0 Å². The first-order valence-electron chi connectivity index (χ1n) is 5.87. The molecule has 19 heavy (non-hydrogen) atoms. The van der Waals surface area contributed by atoms with Gasteiger partial charge in [-0.25, -0.2) is 9.97 Å². The zero-order valence-corrected chi connectivity index (χ0v) is 10.8. The molecular formula is C14H14N2O3. The summed E-state index contributed by atoms with van der Waals surface area (Å²) in [5, 5.41) is 0. The molecule has 0 radical (unpaired) electrons. The fourth-order valence-corrected chi connectivity index (χ4v) is 1.71. The molecule has 98 valence electrons. The lowest BCUT2D eigenvalue weighted by molar-refractivity contribution is 0.112. The van der Waals surface area contributed by atoms with E-state index in [0.717, 1.165) is 17.4 Å². The quantitative estimate of drug-likeness (QED) is 0.770. The molecule has 0 saturated heterocycles. The Hall–Kier alpha value is -2.43. The van der Waals surface area contributed by atoms with Gasteiger partial charge in [-0.05, 0) is 30.7 Å². The van der Waals surface area contributed by atoms with Gasteiger partial charge in [0, 0.05) is 23.5 Å². The van der Waals surface area contributed by atoms with Crippen molar-refractivity contribution in [1.29, 1.82) is 0 Å². The van der Waals surface area contributed by atoms with Gasteiger partial charge >= 0.3 is 6.01 Å². The predicted molar refractivity (Wildman–Crippen MR) is 70.6 cm³/mol. The molecule has 0 bridgehead atoms. The van der Waals surface area contributed by atoms with Gasteiger partial charge in [0.05, 0.1) is 13.7 Å². The number of rotatable bonds is 5. The van der Waals surface area contributed by atoms with Crippen LogP contribution in [0.2, 0.25) is 0 Å². The Morgan fingerprint density at radius 3 is 2.58 bits per heavy atom. The molecule has 2 rings (SSSR count). The average molecular weight is 258 g/mol. The van der Waals surface area contributed by atoms with Gasteiger partial charge in [-0.3, -0.25) is 4.79 Å². The number of carbonyl (C=O) groups is 1. The van der Waals surface area contributed by atoms with Crippen LogP contribution < -0.4 is 9.47 Å². The smallest absolute Gasteiger partial charge is 0.316 e. The first kappa shape index (κ1) is 13.0. The summed E-state index contributed by atoms with van der Waals surface area (Å²) in [6.45, 7) is 2.47. The third kappa shape index (κ3) is 2.88. The summed E-state index contributed by atoms with van der Waals surface area (Å²) in [5.41, 5.74) is 2.05. The molecule has 0 atom stereocenters. The fraction of sp³-hybridized carbons (Fsp3) is 0.214.